The summed E-state index contributed by atoms with van der Waals surface area (Å²) in [7, 11) is -3.95. The van der Waals surface area contributed by atoms with Crippen molar-refractivity contribution in [3.05, 3.63) is 66.2 Å². The first kappa shape index (κ1) is 18.2. The van der Waals surface area contributed by atoms with Crippen LogP contribution in [0.15, 0.2) is 65.6 Å². The molecule has 0 radical (unpaired) electrons. The highest BCUT2D eigenvalue weighted by Crippen LogP contribution is 2.37. The van der Waals surface area contributed by atoms with Crippen molar-refractivity contribution in [2.75, 3.05) is 5.75 Å². The zero-order chi connectivity index (χ0) is 17.8. The van der Waals surface area contributed by atoms with Crippen LogP contribution in [-0.2, 0) is 14.6 Å². The fourth-order valence-corrected chi connectivity index (χ4v) is 3.60. The van der Waals surface area contributed by atoms with Gasteiger partial charge < -0.3 is 0 Å². The molecule has 128 valence electrons. The minimum Gasteiger partial charge on any atom is -0.299 e. The van der Waals surface area contributed by atoms with Gasteiger partial charge in [0.1, 0.15) is 11.5 Å². The van der Waals surface area contributed by atoms with Crippen molar-refractivity contribution >= 4 is 15.6 Å². The van der Waals surface area contributed by atoms with E-state index < -0.39 is 39.9 Å². The molecule has 0 spiro atoms. The number of sulfone groups is 1. The Morgan fingerprint density at radius 2 is 1.42 bits per heavy atom. The van der Waals surface area contributed by atoms with Crippen LogP contribution in [0.2, 0.25) is 0 Å². The summed E-state index contributed by atoms with van der Waals surface area (Å²) < 4.78 is 63.9. The molecule has 2 aromatic rings. The monoisotopic (exact) mass is 356 g/mol. The van der Waals surface area contributed by atoms with Crippen molar-refractivity contribution in [1.82, 2.24) is 0 Å². The van der Waals surface area contributed by atoms with E-state index in [-0.39, 0.29) is 10.5 Å². The Morgan fingerprint density at radius 1 is 0.917 bits per heavy atom. The smallest absolute Gasteiger partial charge is 0.299 e. The molecule has 2 aromatic carbocycles. The van der Waals surface area contributed by atoms with Crippen molar-refractivity contribution in [3.8, 4) is 0 Å². The van der Waals surface area contributed by atoms with E-state index in [1.165, 1.54) is 48.5 Å². The first-order valence-electron chi connectivity index (χ1n) is 7.11. The van der Waals surface area contributed by atoms with Crippen LogP contribution in [-0.4, -0.2) is 26.1 Å². The number of ketones is 1. The third kappa shape index (κ3) is 4.67. The zero-order valence-electron chi connectivity index (χ0n) is 12.5. The van der Waals surface area contributed by atoms with Gasteiger partial charge in [-0.15, -0.1) is 0 Å². The van der Waals surface area contributed by atoms with Gasteiger partial charge in [0.2, 0.25) is 0 Å². The molecule has 3 nitrogen and oxygen atoms in total. The lowest BCUT2D eigenvalue weighted by Gasteiger charge is -2.20. The highest BCUT2D eigenvalue weighted by molar-refractivity contribution is 7.92. The Balaban J connectivity index is 2.17. The Hall–Kier alpha value is -2.15. The van der Waals surface area contributed by atoms with Crippen LogP contribution in [0.4, 0.5) is 13.2 Å². The van der Waals surface area contributed by atoms with Gasteiger partial charge in [-0.3, -0.25) is 4.79 Å². The van der Waals surface area contributed by atoms with Crippen molar-refractivity contribution in [2.24, 2.45) is 0 Å². The molecule has 24 heavy (non-hydrogen) atoms. The fourth-order valence-electron chi connectivity index (χ4n) is 2.32. The number of halogens is 3. The lowest BCUT2D eigenvalue weighted by Crippen LogP contribution is -2.26. The molecule has 0 fully saturated rings. The third-order valence-electron chi connectivity index (χ3n) is 3.48. The third-order valence-corrected chi connectivity index (χ3v) is 5.17. The van der Waals surface area contributed by atoms with Crippen molar-refractivity contribution in [2.45, 2.75) is 23.4 Å². The van der Waals surface area contributed by atoms with Gasteiger partial charge in [0, 0.05) is 6.42 Å². The summed E-state index contributed by atoms with van der Waals surface area (Å²) in [5, 5.41) is 0. The average molecular weight is 356 g/mol. The van der Waals surface area contributed by atoms with E-state index in [0.29, 0.717) is 0 Å². The highest BCUT2D eigenvalue weighted by Gasteiger charge is 2.42. The Kier molecular flexibility index (Phi) is 5.43. The molecule has 0 N–H and O–H groups in total. The molecule has 0 saturated heterocycles. The first-order valence-corrected chi connectivity index (χ1v) is 8.76. The number of alkyl halides is 3. The molecule has 0 aliphatic carbocycles. The van der Waals surface area contributed by atoms with Crippen LogP contribution in [0.1, 0.15) is 17.9 Å². The second-order valence-electron chi connectivity index (χ2n) is 5.32. The van der Waals surface area contributed by atoms with Crippen LogP contribution in [0.5, 0.6) is 0 Å². The van der Waals surface area contributed by atoms with E-state index in [9.17, 15) is 26.4 Å². The Morgan fingerprint density at radius 3 is 1.92 bits per heavy atom. The normalized spacial score (nSPS) is 13.5. The number of hydrogen-bond donors (Lipinski definition) is 0. The summed E-state index contributed by atoms with van der Waals surface area (Å²) in [4.78, 5) is 11.9. The van der Waals surface area contributed by atoms with Crippen molar-refractivity contribution in [3.63, 3.8) is 0 Å². The number of Topliss-reactive ketones (excluding diaryl/α,β-unsaturated/α-hetero) is 1. The van der Waals surface area contributed by atoms with E-state index >= 15 is 0 Å². The van der Waals surface area contributed by atoms with Crippen LogP contribution in [0.3, 0.4) is 0 Å². The predicted octanol–water partition coefficient (Wildman–Crippen LogP) is 3.77. The maximum atomic E-state index is 13.2. The standard InChI is InChI=1S/C17H15F3O3S/c18-17(19,20)16(13-7-3-1-4-8-13)11-14(21)12-24(22,23)15-9-5-2-6-10-15/h1-10,16H,11-12H2. The lowest BCUT2D eigenvalue weighted by molar-refractivity contribution is -0.156. The Labute approximate surface area is 138 Å². The summed E-state index contributed by atoms with van der Waals surface area (Å²) in [6.45, 7) is 0. The molecule has 0 aromatic heterocycles. The zero-order valence-corrected chi connectivity index (χ0v) is 13.3. The van der Waals surface area contributed by atoms with Gasteiger partial charge in [-0.25, -0.2) is 8.42 Å². The predicted molar refractivity (Wildman–Crippen MR) is 83.4 cm³/mol. The molecule has 1 atom stereocenters. The molecule has 0 saturated carbocycles. The number of carbonyl (C=O) groups is 1. The lowest BCUT2D eigenvalue weighted by atomic mass is 9.93. The van der Waals surface area contributed by atoms with Gasteiger partial charge in [0.25, 0.3) is 0 Å². The van der Waals surface area contributed by atoms with Gasteiger partial charge in [0.15, 0.2) is 9.84 Å². The summed E-state index contributed by atoms with van der Waals surface area (Å²) in [6, 6.07) is 14.2. The van der Waals surface area contributed by atoms with Crippen LogP contribution < -0.4 is 0 Å². The first-order chi connectivity index (χ1) is 11.2. The molecule has 0 aliphatic heterocycles. The van der Waals surface area contributed by atoms with E-state index in [4.69, 9.17) is 0 Å². The van der Waals surface area contributed by atoms with Crippen molar-refractivity contribution < 1.29 is 26.4 Å². The SMILES string of the molecule is O=C(CC(c1ccccc1)C(F)(F)F)CS(=O)(=O)c1ccccc1. The van der Waals surface area contributed by atoms with Crippen LogP contribution >= 0.6 is 0 Å². The van der Waals surface area contributed by atoms with E-state index in [1.807, 2.05) is 0 Å². The van der Waals surface area contributed by atoms with E-state index in [0.717, 1.165) is 0 Å². The van der Waals surface area contributed by atoms with Gasteiger partial charge in [0.05, 0.1) is 10.8 Å². The van der Waals surface area contributed by atoms with Gasteiger partial charge >= 0.3 is 6.18 Å². The fraction of sp³-hybridized carbons (Fsp3) is 0.235. The summed E-state index contributed by atoms with van der Waals surface area (Å²) >= 11 is 0. The Bertz CT molecular complexity index is 785. The number of rotatable bonds is 6. The van der Waals surface area contributed by atoms with E-state index in [1.54, 1.807) is 12.1 Å². The van der Waals surface area contributed by atoms with Crippen molar-refractivity contribution in [1.29, 1.82) is 0 Å². The van der Waals surface area contributed by atoms with E-state index in [2.05, 4.69) is 0 Å². The average Bonchev–Trinajstić information content (AvgIpc) is 2.53. The van der Waals surface area contributed by atoms with Gasteiger partial charge in [-0.05, 0) is 17.7 Å². The topological polar surface area (TPSA) is 51.2 Å². The second kappa shape index (κ2) is 7.17. The second-order valence-corrected chi connectivity index (χ2v) is 7.31. The van der Waals surface area contributed by atoms with Crippen LogP contribution in [0, 0.1) is 0 Å². The van der Waals surface area contributed by atoms with Gasteiger partial charge in [-0.2, -0.15) is 13.2 Å². The number of benzene rings is 2. The minimum absolute atomic E-state index is 0.0598. The molecule has 2 rings (SSSR count). The number of carbonyl (C=O) groups excluding carboxylic acids is 1. The van der Waals surface area contributed by atoms with Gasteiger partial charge in [-0.1, -0.05) is 48.5 Å². The summed E-state index contributed by atoms with van der Waals surface area (Å²) in [5.41, 5.74) is -0.0598. The molecule has 0 amide bonds. The molecule has 0 heterocycles. The minimum atomic E-state index is -4.63. The summed E-state index contributed by atoms with van der Waals surface area (Å²) in [5.74, 6) is -3.93. The highest BCUT2D eigenvalue weighted by atomic mass is 32.2. The number of hydrogen-bond acceptors (Lipinski definition) is 3. The molecule has 0 bridgehead atoms. The molecule has 7 heteroatoms. The summed E-state index contributed by atoms with van der Waals surface area (Å²) in [6.07, 6.45) is -5.53. The molecular formula is C17H15F3O3S. The van der Waals surface area contributed by atoms with Crippen LogP contribution in [0.25, 0.3) is 0 Å². The molecular weight excluding hydrogens is 341 g/mol. The maximum absolute atomic E-state index is 13.2. The quantitative estimate of drug-likeness (QED) is 0.792. The molecule has 0 aliphatic rings. The molecule has 1 unspecified atom stereocenters. The largest absolute Gasteiger partial charge is 0.396 e. The maximum Gasteiger partial charge on any atom is 0.396 e.